The number of halogens is 5. The van der Waals surface area contributed by atoms with Gasteiger partial charge < -0.3 is 10.4 Å². The van der Waals surface area contributed by atoms with Gasteiger partial charge in [-0.15, -0.1) is 0 Å². The van der Waals surface area contributed by atoms with Crippen LogP contribution in [0.2, 0.25) is 10.0 Å². The van der Waals surface area contributed by atoms with E-state index in [1.165, 1.54) is 0 Å². The van der Waals surface area contributed by atoms with E-state index in [0.29, 0.717) is 20.2 Å². The number of anilines is 1. The van der Waals surface area contributed by atoms with Gasteiger partial charge in [0.2, 0.25) is 0 Å². The van der Waals surface area contributed by atoms with Crippen LogP contribution < -0.4 is 5.32 Å². The van der Waals surface area contributed by atoms with Crippen molar-refractivity contribution in [2.75, 3.05) is 11.9 Å². The molecule has 2 aromatic rings. The first-order valence-electron chi connectivity index (χ1n) is 5.90. The smallest absolute Gasteiger partial charge is 0.129 e. The third-order valence-electron chi connectivity index (χ3n) is 2.80. The van der Waals surface area contributed by atoms with Crippen LogP contribution in [0, 0.1) is 11.6 Å². The number of nitrogens with one attached hydrogen (secondary N) is 1. The fraction of sp³-hybridized carbons (Fsp3) is 0.143. The molecule has 0 amide bonds. The predicted molar refractivity (Wildman–Crippen MR) is 84.0 cm³/mol. The van der Waals surface area contributed by atoms with Gasteiger partial charge in [-0.2, -0.15) is 0 Å². The molecule has 0 saturated heterocycles. The third-order valence-corrected chi connectivity index (χ3v) is 3.85. The highest BCUT2D eigenvalue weighted by molar-refractivity contribution is 9.10. The van der Waals surface area contributed by atoms with Crippen molar-refractivity contribution in [3.8, 4) is 0 Å². The molecule has 0 radical (unpaired) electrons. The standard InChI is InChI=1S/C14H10BrCl2F2NO/c15-7-3-10(16)14(11(17)4-7)20-6-13(21)9-5-8(18)1-2-12(9)19/h1-5,13,20-21H,6H2. The molecular weight excluding hydrogens is 387 g/mol. The Bertz CT molecular complexity index is 646. The van der Waals surface area contributed by atoms with Crippen molar-refractivity contribution in [3.63, 3.8) is 0 Å². The van der Waals surface area contributed by atoms with E-state index in [2.05, 4.69) is 21.2 Å². The maximum absolute atomic E-state index is 13.5. The van der Waals surface area contributed by atoms with Crippen molar-refractivity contribution >= 4 is 44.8 Å². The molecule has 0 aliphatic carbocycles. The van der Waals surface area contributed by atoms with Crippen molar-refractivity contribution in [2.24, 2.45) is 0 Å². The molecule has 7 heteroatoms. The van der Waals surface area contributed by atoms with Crippen LogP contribution in [0.25, 0.3) is 0 Å². The Morgan fingerprint density at radius 1 is 1.14 bits per heavy atom. The van der Waals surface area contributed by atoms with Crippen LogP contribution in [-0.2, 0) is 0 Å². The molecule has 2 nitrogen and oxygen atoms in total. The minimum Gasteiger partial charge on any atom is -0.386 e. The molecule has 0 heterocycles. The van der Waals surface area contributed by atoms with Gasteiger partial charge in [-0.05, 0) is 30.3 Å². The Labute approximate surface area is 138 Å². The van der Waals surface area contributed by atoms with E-state index in [1.807, 2.05) is 0 Å². The van der Waals surface area contributed by atoms with E-state index < -0.39 is 17.7 Å². The highest BCUT2D eigenvalue weighted by Gasteiger charge is 2.15. The maximum atomic E-state index is 13.5. The minimum atomic E-state index is -1.24. The molecular formula is C14H10BrCl2F2NO. The molecule has 1 atom stereocenters. The Kier molecular flexibility index (Phi) is 5.43. The summed E-state index contributed by atoms with van der Waals surface area (Å²) in [7, 11) is 0. The van der Waals surface area contributed by atoms with Crippen molar-refractivity contribution < 1.29 is 13.9 Å². The topological polar surface area (TPSA) is 32.3 Å². The van der Waals surface area contributed by atoms with Crippen LogP contribution in [0.3, 0.4) is 0 Å². The van der Waals surface area contributed by atoms with Crippen LogP contribution in [0.15, 0.2) is 34.8 Å². The molecule has 0 saturated carbocycles. The normalized spacial score (nSPS) is 12.3. The molecule has 0 aliphatic heterocycles. The summed E-state index contributed by atoms with van der Waals surface area (Å²) in [6.45, 7) is -0.0680. The van der Waals surface area contributed by atoms with Gasteiger partial charge in [0.15, 0.2) is 0 Å². The van der Waals surface area contributed by atoms with E-state index in [1.54, 1.807) is 12.1 Å². The van der Waals surface area contributed by atoms with Gasteiger partial charge in [-0.3, -0.25) is 0 Å². The molecule has 1 unspecified atom stereocenters. The van der Waals surface area contributed by atoms with Crippen molar-refractivity contribution in [1.82, 2.24) is 0 Å². The van der Waals surface area contributed by atoms with Crippen LogP contribution in [0.5, 0.6) is 0 Å². The number of hydrogen-bond acceptors (Lipinski definition) is 2. The Morgan fingerprint density at radius 2 is 1.76 bits per heavy atom. The Morgan fingerprint density at radius 3 is 2.38 bits per heavy atom. The lowest BCUT2D eigenvalue weighted by Gasteiger charge is -2.16. The molecule has 0 bridgehead atoms. The zero-order valence-electron chi connectivity index (χ0n) is 10.5. The highest BCUT2D eigenvalue weighted by Crippen LogP contribution is 2.34. The summed E-state index contributed by atoms with van der Waals surface area (Å²) >= 11 is 15.3. The van der Waals surface area contributed by atoms with Crippen molar-refractivity contribution in [2.45, 2.75) is 6.10 Å². The van der Waals surface area contributed by atoms with E-state index in [-0.39, 0.29) is 12.1 Å². The summed E-state index contributed by atoms with van der Waals surface area (Å²) in [6, 6.07) is 6.16. The van der Waals surface area contributed by atoms with Gasteiger partial charge in [0.05, 0.1) is 21.8 Å². The fourth-order valence-corrected chi connectivity index (χ4v) is 3.13. The molecule has 2 N–H and O–H groups in total. The fourth-order valence-electron chi connectivity index (χ4n) is 1.79. The van der Waals surface area contributed by atoms with E-state index in [0.717, 1.165) is 18.2 Å². The molecule has 0 aliphatic rings. The van der Waals surface area contributed by atoms with Gasteiger partial charge in [0.25, 0.3) is 0 Å². The zero-order chi connectivity index (χ0) is 15.6. The van der Waals surface area contributed by atoms with Crippen LogP contribution in [0.1, 0.15) is 11.7 Å². The van der Waals surface area contributed by atoms with Crippen molar-refractivity contribution in [1.29, 1.82) is 0 Å². The van der Waals surface area contributed by atoms with Crippen LogP contribution in [0.4, 0.5) is 14.5 Å². The maximum Gasteiger partial charge on any atom is 0.129 e. The lowest BCUT2D eigenvalue weighted by molar-refractivity contribution is 0.186. The number of hydrogen-bond donors (Lipinski definition) is 2. The van der Waals surface area contributed by atoms with Gasteiger partial charge in [-0.25, -0.2) is 8.78 Å². The molecule has 2 aromatic carbocycles. The van der Waals surface area contributed by atoms with Crippen LogP contribution >= 0.6 is 39.1 Å². The lowest BCUT2D eigenvalue weighted by Crippen LogP contribution is -2.14. The molecule has 2 rings (SSSR count). The Balaban J connectivity index is 2.15. The highest BCUT2D eigenvalue weighted by atomic mass is 79.9. The van der Waals surface area contributed by atoms with Gasteiger partial charge in [0, 0.05) is 16.6 Å². The predicted octanol–water partition coefficient (Wildman–Crippen LogP) is 5.18. The second kappa shape index (κ2) is 6.92. The Hall–Kier alpha value is -0.880. The minimum absolute atomic E-state index is 0.0680. The number of aliphatic hydroxyl groups is 1. The number of rotatable bonds is 4. The largest absolute Gasteiger partial charge is 0.386 e. The van der Waals surface area contributed by atoms with Gasteiger partial charge in [0.1, 0.15) is 11.6 Å². The molecule has 112 valence electrons. The summed E-state index contributed by atoms with van der Waals surface area (Å²) in [6.07, 6.45) is -1.24. The van der Waals surface area contributed by atoms with E-state index >= 15 is 0 Å². The first kappa shape index (κ1) is 16.5. The quantitative estimate of drug-likeness (QED) is 0.746. The number of benzene rings is 2. The lowest BCUT2D eigenvalue weighted by atomic mass is 10.1. The molecule has 0 aromatic heterocycles. The zero-order valence-corrected chi connectivity index (χ0v) is 13.6. The summed E-state index contributed by atoms with van der Waals surface area (Å²) in [5.41, 5.74) is 0.282. The summed E-state index contributed by atoms with van der Waals surface area (Å²) in [5.74, 6) is -1.30. The summed E-state index contributed by atoms with van der Waals surface area (Å²) < 4.78 is 27.4. The van der Waals surface area contributed by atoms with Crippen molar-refractivity contribution in [3.05, 3.63) is 62.0 Å². The van der Waals surface area contributed by atoms with E-state index in [9.17, 15) is 13.9 Å². The average molecular weight is 397 g/mol. The monoisotopic (exact) mass is 395 g/mol. The molecule has 0 spiro atoms. The molecule has 0 fully saturated rings. The second-order valence-corrected chi connectivity index (χ2v) is 6.04. The first-order valence-corrected chi connectivity index (χ1v) is 7.45. The van der Waals surface area contributed by atoms with Gasteiger partial charge >= 0.3 is 0 Å². The summed E-state index contributed by atoms with van der Waals surface area (Å²) in [4.78, 5) is 0. The first-order chi connectivity index (χ1) is 9.88. The third kappa shape index (κ3) is 4.07. The van der Waals surface area contributed by atoms with Gasteiger partial charge in [-0.1, -0.05) is 39.1 Å². The van der Waals surface area contributed by atoms with Crippen LogP contribution in [-0.4, -0.2) is 11.7 Å². The number of aliphatic hydroxyl groups excluding tert-OH is 1. The van der Waals surface area contributed by atoms with E-state index in [4.69, 9.17) is 23.2 Å². The molecule has 21 heavy (non-hydrogen) atoms. The second-order valence-electron chi connectivity index (χ2n) is 4.31. The SMILES string of the molecule is OC(CNc1c(Cl)cc(Br)cc1Cl)c1cc(F)ccc1F. The average Bonchev–Trinajstić information content (AvgIpc) is 2.40. The summed E-state index contributed by atoms with van der Waals surface area (Å²) in [5, 5.41) is 13.5.